The zero-order valence-corrected chi connectivity index (χ0v) is 14.7. The molecule has 0 aliphatic carbocycles. The highest BCUT2D eigenvalue weighted by atomic mass is 16.4. The average Bonchev–Trinajstić information content (AvgIpc) is 2.45. The van der Waals surface area contributed by atoms with Crippen LogP contribution >= 0.6 is 0 Å². The number of nitrogens with two attached hydrogens (primary N) is 4. The van der Waals surface area contributed by atoms with Gasteiger partial charge in [0.1, 0.15) is 12.1 Å². The third-order valence-corrected chi connectivity index (χ3v) is 2.43. The van der Waals surface area contributed by atoms with Crippen molar-refractivity contribution in [1.29, 1.82) is 0 Å². The molecule has 12 N–H and O–H groups in total. The van der Waals surface area contributed by atoms with Crippen molar-refractivity contribution in [2.75, 3.05) is 0 Å². The molecule has 26 heavy (non-hydrogen) atoms. The molecule has 0 aromatic rings. The van der Waals surface area contributed by atoms with Crippen LogP contribution in [0.4, 0.5) is 0 Å². The quantitative estimate of drug-likeness (QED) is 0.159. The number of aliphatic carboxylic acids is 4. The van der Waals surface area contributed by atoms with Crippen LogP contribution in [0, 0.1) is 0 Å². The van der Waals surface area contributed by atoms with E-state index >= 15 is 0 Å². The Kier molecular flexibility index (Phi) is 19.2. The highest BCUT2D eigenvalue weighted by Gasteiger charge is 2.14. The second kappa shape index (κ2) is 17.5. The van der Waals surface area contributed by atoms with Gasteiger partial charge in [-0.3, -0.25) is 19.2 Å². The summed E-state index contributed by atoms with van der Waals surface area (Å²) in [5.74, 6) is -4.32. The third-order valence-electron chi connectivity index (χ3n) is 2.43. The fourth-order valence-corrected chi connectivity index (χ4v) is 1.22. The Labute approximate surface area is 151 Å². The van der Waals surface area contributed by atoms with Crippen molar-refractivity contribution in [2.45, 2.75) is 63.7 Å². The van der Waals surface area contributed by atoms with Gasteiger partial charge in [0.2, 0.25) is 0 Å². The van der Waals surface area contributed by atoms with Crippen LogP contribution in [0.25, 0.3) is 0 Å². The number of carboxylic acid groups (broad SMARTS) is 4. The fourth-order valence-electron chi connectivity index (χ4n) is 1.22. The van der Waals surface area contributed by atoms with Gasteiger partial charge >= 0.3 is 23.9 Å². The monoisotopic (exact) mass is 382 g/mol. The molecule has 0 aliphatic rings. The highest BCUT2D eigenvalue weighted by Crippen LogP contribution is 2.04. The van der Waals surface area contributed by atoms with Crippen LogP contribution in [0.3, 0.4) is 0 Å². The van der Waals surface area contributed by atoms with E-state index in [0.717, 1.165) is 0 Å². The minimum Gasteiger partial charge on any atom is -0.481 e. The summed E-state index contributed by atoms with van der Waals surface area (Å²) in [5, 5.41) is 32.7. The number of rotatable bonds is 10. The van der Waals surface area contributed by atoms with Crippen molar-refractivity contribution in [3.05, 3.63) is 0 Å². The van der Waals surface area contributed by atoms with Gasteiger partial charge in [-0.15, -0.1) is 0 Å². The number of carboxylic acids is 4. The van der Waals surface area contributed by atoms with E-state index in [9.17, 15) is 19.2 Å². The molecule has 0 aromatic carbocycles. The van der Waals surface area contributed by atoms with Crippen molar-refractivity contribution >= 4 is 23.9 Å². The molecule has 12 heteroatoms. The standard InChI is InChI=1S/C8H15NO4.C4H7NO4.C2H8N2/c9-6(8(12)13)4-2-1-3-5-7(10)11;5-2(4(8)9)1-3(6)7;1-2(3)4/h6H,1-5,9H2,(H,10,11)(H,12,13);2H,1,5H2,(H,6,7)(H,8,9);2H,3-4H2,1H3. The topological polar surface area (TPSA) is 253 Å². The molecule has 2 atom stereocenters. The van der Waals surface area contributed by atoms with Crippen LogP contribution in [0.15, 0.2) is 0 Å². The third kappa shape index (κ3) is 29.7. The Morgan fingerprint density at radius 3 is 1.42 bits per heavy atom. The van der Waals surface area contributed by atoms with Gasteiger partial charge in [-0.2, -0.15) is 0 Å². The molecule has 0 radical (unpaired) electrons. The average molecular weight is 382 g/mol. The number of carbonyl (C=O) groups is 4. The molecule has 0 heterocycles. The Morgan fingerprint density at radius 1 is 0.731 bits per heavy atom. The normalized spacial score (nSPS) is 11.9. The summed E-state index contributed by atoms with van der Waals surface area (Å²) in [6.45, 7) is 1.72. The van der Waals surface area contributed by atoms with E-state index in [4.69, 9.17) is 43.4 Å². The molecule has 0 saturated heterocycles. The molecule has 0 saturated carbocycles. The minimum absolute atomic E-state index is 0.141. The van der Waals surface area contributed by atoms with E-state index < -0.39 is 42.4 Å². The molecule has 0 aromatic heterocycles. The SMILES string of the molecule is CC(N)N.NC(CC(=O)O)C(=O)O.NC(CCCCCC(=O)O)C(=O)O. The van der Waals surface area contributed by atoms with E-state index in [0.29, 0.717) is 25.7 Å². The maximum absolute atomic E-state index is 10.3. The first-order valence-electron chi connectivity index (χ1n) is 7.72. The Balaban J connectivity index is -0.000000352. The Hall–Kier alpha value is -2.28. The van der Waals surface area contributed by atoms with Crippen molar-refractivity contribution in [3.8, 4) is 0 Å². The van der Waals surface area contributed by atoms with Crippen molar-refractivity contribution in [1.82, 2.24) is 0 Å². The van der Waals surface area contributed by atoms with Gasteiger partial charge in [-0.25, -0.2) is 0 Å². The highest BCUT2D eigenvalue weighted by molar-refractivity contribution is 5.80. The van der Waals surface area contributed by atoms with Crippen LogP contribution in [-0.4, -0.2) is 62.6 Å². The molecule has 0 fully saturated rings. The van der Waals surface area contributed by atoms with Gasteiger partial charge in [0.05, 0.1) is 6.42 Å². The number of hydrogen-bond donors (Lipinski definition) is 8. The molecule has 0 spiro atoms. The lowest BCUT2D eigenvalue weighted by atomic mass is 10.1. The van der Waals surface area contributed by atoms with Gasteiger partial charge in [-0.05, 0) is 19.8 Å². The number of hydrogen-bond acceptors (Lipinski definition) is 8. The van der Waals surface area contributed by atoms with E-state index in [2.05, 4.69) is 0 Å². The molecule has 0 bridgehead atoms. The zero-order chi connectivity index (χ0) is 21.3. The lowest BCUT2D eigenvalue weighted by molar-refractivity contribution is -0.144. The van der Waals surface area contributed by atoms with Crippen molar-refractivity contribution in [2.24, 2.45) is 22.9 Å². The molecule has 154 valence electrons. The molecule has 0 rings (SSSR count). The van der Waals surface area contributed by atoms with E-state index in [-0.39, 0.29) is 12.6 Å². The first kappa shape index (κ1) is 28.5. The lowest BCUT2D eigenvalue weighted by Gasteiger charge is -2.04. The fraction of sp³-hybridized carbons (Fsp3) is 0.714. The Bertz CT molecular complexity index is 428. The summed E-state index contributed by atoms with van der Waals surface area (Å²) < 4.78 is 0. The summed E-state index contributed by atoms with van der Waals surface area (Å²) in [6.07, 6.45) is 1.82. The first-order valence-corrected chi connectivity index (χ1v) is 7.72. The first-order chi connectivity index (χ1) is 11.8. The molecular weight excluding hydrogens is 352 g/mol. The lowest BCUT2D eigenvalue weighted by Crippen LogP contribution is -2.32. The van der Waals surface area contributed by atoms with Gasteiger partial charge in [0.15, 0.2) is 0 Å². The van der Waals surface area contributed by atoms with Crippen LogP contribution in [0.1, 0.15) is 45.4 Å². The number of unbranched alkanes of at least 4 members (excludes halogenated alkanes) is 2. The van der Waals surface area contributed by atoms with Gasteiger partial charge in [-0.1, -0.05) is 12.8 Å². The van der Waals surface area contributed by atoms with Crippen LogP contribution in [0.5, 0.6) is 0 Å². The summed E-state index contributed by atoms with van der Waals surface area (Å²) in [6, 6.07) is -2.10. The Morgan fingerprint density at radius 2 is 1.15 bits per heavy atom. The molecule has 0 aliphatic heterocycles. The largest absolute Gasteiger partial charge is 0.481 e. The van der Waals surface area contributed by atoms with Gasteiger partial charge in [0, 0.05) is 12.6 Å². The summed E-state index contributed by atoms with van der Waals surface area (Å²) >= 11 is 0. The predicted molar refractivity (Wildman–Crippen MR) is 92.0 cm³/mol. The predicted octanol–water partition coefficient (Wildman–Crippen LogP) is -1.44. The smallest absolute Gasteiger partial charge is 0.321 e. The maximum atomic E-state index is 10.3. The zero-order valence-electron chi connectivity index (χ0n) is 14.7. The second-order valence-corrected chi connectivity index (χ2v) is 5.34. The van der Waals surface area contributed by atoms with E-state index in [1.165, 1.54) is 0 Å². The van der Waals surface area contributed by atoms with Crippen LogP contribution < -0.4 is 22.9 Å². The van der Waals surface area contributed by atoms with Crippen molar-refractivity contribution in [3.63, 3.8) is 0 Å². The molecular formula is C14H30N4O8. The van der Waals surface area contributed by atoms with Crippen molar-refractivity contribution < 1.29 is 39.6 Å². The molecule has 2 unspecified atom stereocenters. The van der Waals surface area contributed by atoms with E-state index in [1.807, 2.05) is 0 Å². The summed E-state index contributed by atoms with van der Waals surface area (Å²) in [4.78, 5) is 40.0. The summed E-state index contributed by atoms with van der Waals surface area (Å²) in [7, 11) is 0. The molecule has 12 nitrogen and oxygen atoms in total. The minimum atomic E-state index is -1.29. The van der Waals surface area contributed by atoms with E-state index in [1.54, 1.807) is 6.92 Å². The second-order valence-electron chi connectivity index (χ2n) is 5.34. The maximum Gasteiger partial charge on any atom is 0.321 e. The summed E-state index contributed by atoms with van der Waals surface area (Å²) in [5.41, 5.74) is 19.9. The van der Waals surface area contributed by atoms with Gasteiger partial charge in [0.25, 0.3) is 0 Å². The van der Waals surface area contributed by atoms with Gasteiger partial charge < -0.3 is 43.4 Å². The molecule has 0 amide bonds. The van der Waals surface area contributed by atoms with Crippen LogP contribution in [-0.2, 0) is 19.2 Å². The van der Waals surface area contributed by atoms with Crippen LogP contribution in [0.2, 0.25) is 0 Å².